The van der Waals surface area contributed by atoms with Gasteiger partial charge in [-0.05, 0) is 48.9 Å². The topological polar surface area (TPSA) is 67.4 Å². The van der Waals surface area contributed by atoms with Gasteiger partial charge in [-0.25, -0.2) is 0 Å². The molecule has 30 heavy (non-hydrogen) atoms. The molecule has 5 heteroatoms. The van der Waals surface area contributed by atoms with E-state index in [2.05, 4.69) is 24.5 Å². The Morgan fingerprint density at radius 1 is 1.03 bits per heavy atom. The Morgan fingerprint density at radius 3 is 2.50 bits per heavy atom. The van der Waals surface area contributed by atoms with Gasteiger partial charge in [-0.3, -0.25) is 9.59 Å². The molecule has 0 bridgehead atoms. The first-order valence-electron chi connectivity index (χ1n) is 11.0. The summed E-state index contributed by atoms with van der Waals surface area (Å²) in [5.41, 5.74) is 2.09. The van der Waals surface area contributed by atoms with Crippen LogP contribution in [0.5, 0.6) is 5.75 Å². The van der Waals surface area contributed by atoms with Gasteiger partial charge < -0.3 is 15.4 Å². The third kappa shape index (κ3) is 5.85. The first kappa shape index (κ1) is 21.9. The number of carbonyl (C=O) groups is 2. The van der Waals surface area contributed by atoms with Crippen LogP contribution < -0.4 is 15.4 Å². The third-order valence-corrected chi connectivity index (χ3v) is 5.81. The van der Waals surface area contributed by atoms with Crippen molar-refractivity contribution >= 4 is 17.5 Å². The van der Waals surface area contributed by atoms with Crippen molar-refractivity contribution in [2.24, 2.45) is 0 Å². The number of hydrogen-bond acceptors (Lipinski definition) is 3. The number of nitrogens with one attached hydrogen (secondary N) is 2. The van der Waals surface area contributed by atoms with Crippen molar-refractivity contribution in [2.45, 2.75) is 64.3 Å². The van der Waals surface area contributed by atoms with E-state index in [0.29, 0.717) is 17.2 Å². The molecule has 160 valence electrons. The number of para-hydroxylation sites is 2. The van der Waals surface area contributed by atoms with Crippen molar-refractivity contribution in [1.82, 2.24) is 5.32 Å². The Labute approximate surface area is 179 Å². The number of anilines is 1. The SMILES string of the molecule is CCC(C)c1ccccc1OCC(=O)Nc1ccccc1C(=O)NC1CCCCC1. The second-order valence-corrected chi connectivity index (χ2v) is 8.04. The molecule has 0 spiro atoms. The van der Waals surface area contributed by atoms with E-state index >= 15 is 0 Å². The van der Waals surface area contributed by atoms with Crippen molar-refractivity contribution in [1.29, 1.82) is 0 Å². The summed E-state index contributed by atoms with van der Waals surface area (Å²) in [6, 6.07) is 15.1. The van der Waals surface area contributed by atoms with Crippen LogP contribution in [0.1, 0.15) is 74.2 Å². The van der Waals surface area contributed by atoms with E-state index in [1.165, 1.54) is 6.42 Å². The molecule has 2 amide bonds. The van der Waals surface area contributed by atoms with E-state index in [0.717, 1.165) is 43.4 Å². The third-order valence-electron chi connectivity index (χ3n) is 5.81. The van der Waals surface area contributed by atoms with E-state index < -0.39 is 0 Å². The zero-order valence-corrected chi connectivity index (χ0v) is 17.9. The first-order valence-corrected chi connectivity index (χ1v) is 11.0. The molecule has 0 saturated heterocycles. The summed E-state index contributed by atoms with van der Waals surface area (Å²) < 4.78 is 5.80. The predicted molar refractivity (Wildman–Crippen MR) is 120 cm³/mol. The molecule has 5 nitrogen and oxygen atoms in total. The summed E-state index contributed by atoms with van der Waals surface area (Å²) in [5.74, 6) is 0.659. The van der Waals surface area contributed by atoms with Crippen LogP contribution in [0, 0.1) is 0 Å². The zero-order chi connectivity index (χ0) is 21.3. The Balaban J connectivity index is 1.61. The van der Waals surface area contributed by atoms with Crippen molar-refractivity contribution in [2.75, 3.05) is 11.9 Å². The predicted octanol–water partition coefficient (Wildman–Crippen LogP) is 5.28. The lowest BCUT2D eigenvalue weighted by atomic mass is 9.95. The van der Waals surface area contributed by atoms with E-state index in [4.69, 9.17) is 4.74 Å². The zero-order valence-electron chi connectivity index (χ0n) is 17.9. The van der Waals surface area contributed by atoms with Crippen LogP contribution >= 0.6 is 0 Å². The smallest absolute Gasteiger partial charge is 0.262 e. The van der Waals surface area contributed by atoms with Crippen molar-refractivity contribution < 1.29 is 14.3 Å². The molecule has 0 aromatic heterocycles. The number of benzene rings is 2. The van der Waals surface area contributed by atoms with E-state index in [1.54, 1.807) is 12.1 Å². The van der Waals surface area contributed by atoms with Gasteiger partial charge in [0.05, 0.1) is 11.3 Å². The Bertz CT molecular complexity index is 859. The summed E-state index contributed by atoms with van der Waals surface area (Å²) in [6.07, 6.45) is 6.57. The van der Waals surface area contributed by atoms with Crippen molar-refractivity contribution in [3.63, 3.8) is 0 Å². The highest BCUT2D eigenvalue weighted by atomic mass is 16.5. The number of carbonyl (C=O) groups excluding carboxylic acids is 2. The monoisotopic (exact) mass is 408 g/mol. The lowest BCUT2D eigenvalue weighted by Crippen LogP contribution is -2.36. The van der Waals surface area contributed by atoms with Gasteiger partial charge in [0.25, 0.3) is 11.8 Å². The molecule has 3 rings (SSSR count). The number of hydrogen-bond donors (Lipinski definition) is 2. The lowest BCUT2D eigenvalue weighted by molar-refractivity contribution is -0.118. The van der Waals surface area contributed by atoms with E-state index in [9.17, 15) is 9.59 Å². The van der Waals surface area contributed by atoms with Gasteiger partial charge in [0.1, 0.15) is 5.75 Å². The highest BCUT2D eigenvalue weighted by Crippen LogP contribution is 2.28. The maximum atomic E-state index is 12.8. The van der Waals surface area contributed by atoms with Gasteiger partial charge in [0.15, 0.2) is 6.61 Å². The largest absolute Gasteiger partial charge is 0.483 e. The molecule has 1 saturated carbocycles. The maximum Gasteiger partial charge on any atom is 0.262 e. The molecule has 0 heterocycles. The van der Waals surface area contributed by atoms with Gasteiger partial charge in [-0.15, -0.1) is 0 Å². The molecule has 1 unspecified atom stereocenters. The molecule has 1 aliphatic carbocycles. The van der Waals surface area contributed by atoms with Crippen LogP contribution in [0.15, 0.2) is 48.5 Å². The van der Waals surface area contributed by atoms with Gasteiger partial charge >= 0.3 is 0 Å². The first-order chi connectivity index (χ1) is 14.6. The minimum atomic E-state index is -0.285. The molecule has 1 aliphatic rings. The van der Waals surface area contributed by atoms with Crippen molar-refractivity contribution in [3.05, 3.63) is 59.7 Å². The molecule has 0 aliphatic heterocycles. The number of amides is 2. The Hall–Kier alpha value is -2.82. The fourth-order valence-electron chi connectivity index (χ4n) is 3.87. The molecule has 2 aromatic carbocycles. The molecule has 1 atom stereocenters. The highest BCUT2D eigenvalue weighted by Gasteiger charge is 2.19. The Morgan fingerprint density at radius 2 is 1.73 bits per heavy atom. The molecular formula is C25H32N2O3. The molecule has 1 fully saturated rings. The van der Waals surface area contributed by atoms with Crippen LogP contribution in [0.25, 0.3) is 0 Å². The second-order valence-electron chi connectivity index (χ2n) is 8.04. The standard InChI is InChI=1S/C25H32N2O3/c1-3-18(2)20-13-8-10-16-23(20)30-17-24(28)27-22-15-9-7-14-21(22)25(29)26-19-11-5-4-6-12-19/h7-10,13-16,18-19H,3-6,11-12,17H2,1-2H3,(H,26,29)(H,27,28). The molecular weight excluding hydrogens is 376 g/mol. The summed E-state index contributed by atoms with van der Waals surface area (Å²) in [7, 11) is 0. The van der Waals surface area contributed by atoms with Crippen LogP contribution in [0.3, 0.4) is 0 Å². The van der Waals surface area contributed by atoms with Gasteiger partial charge in [0.2, 0.25) is 0 Å². The average molecular weight is 409 g/mol. The quantitative estimate of drug-likeness (QED) is 0.624. The van der Waals surface area contributed by atoms with E-state index in [1.807, 2.05) is 36.4 Å². The van der Waals surface area contributed by atoms with Crippen LogP contribution in [0.4, 0.5) is 5.69 Å². The average Bonchev–Trinajstić information content (AvgIpc) is 2.78. The minimum Gasteiger partial charge on any atom is -0.483 e. The van der Waals surface area contributed by atoms with E-state index in [-0.39, 0.29) is 24.5 Å². The summed E-state index contributed by atoms with van der Waals surface area (Å²) >= 11 is 0. The molecule has 2 N–H and O–H groups in total. The maximum absolute atomic E-state index is 12.8. The summed E-state index contributed by atoms with van der Waals surface area (Å²) in [4.78, 5) is 25.3. The molecule has 0 radical (unpaired) electrons. The lowest BCUT2D eigenvalue weighted by Gasteiger charge is -2.23. The fourth-order valence-corrected chi connectivity index (χ4v) is 3.87. The second kappa shape index (κ2) is 10.8. The summed E-state index contributed by atoms with van der Waals surface area (Å²) in [6.45, 7) is 4.17. The normalized spacial score (nSPS) is 15.3. The van der Waals surface area contributed by atoms with Crippen molar-refractivity contribution in [3.8, 4) is 5.75 Å². The molecule has 2 aromatic rings. The van der Waals surface area contributed by atoms with Gasteiger partial charge in [-0.2, -0.15) is 0 Å². The van der Waals surface area contributed by atoms with Gasteiger partial charge in [0, 0.05) is 6.04 Å². The minimum absolute atomic E-state index is 0.105. The number of ether oxygens (including phenoxy) is 1. The van der Waals surface area contributed by atoms with Crippen LogP contribution in [-0.2, 0) is 4.79 Å². The highest BCUT2D eigenvalue weighted by molar-refractivity contribution is 6.04. The summed E-state index contributed by atoms with van der Waals surface area (Å²) in [5, 5.41) is 5.95. The van der Waals surface area contributed by atoms with Crippen LogP contribution in [0.2, 0.25) is 0 Å². The fraction of sp³-hybridized carbons (Fsp3) is 0.440. The van der Waals surface area contributed by atoms with Crippen LogP contribution in [-0.4, -0.2) is 24.5 Å². The number of rotatable bonds is 8. The Kier molecular flexibility index (Phi) is 7.89. The van der Waals surface area contributed by atoms with Gasteiger partial charge in [-0.1, -0.05) is 63.4 Å².